The Bertz CT molecular complexity index is 853. The summed E-state index contributed by atoms with van der Waals surface area (Å²) >= 11 is 5.49. The second-order valence-corrected chi connectivity index (χ2v) is 8.75. The lowest BCUT2D eigenvalue weighted by molar-refractivity contribution is -0.180. The van der Waals surface area contributed by atoms with Gasteiger partial charge in [0.1, 0.15) is 11.5 Å². The number of hydrogen-bond donors (Lipinski definition) is 2. The lowest BCUT2D eigenvalue weighted by Gasteiger charge is -2.38. The van der Waals surface area contributed by atoms with Crippen molar-refractivity contribution in [3.05, 3.63) is 18.1 Å². The molecule has 0 unspecified atom stereocenters. The fourth-order valence-corrected chi connectivity index (χ4v) is 4.79. The zero-order valence-corrected chi connectivity index (χ0v) is 18.8. The molecule has 11 nitrogen and oxygen atoms in total. The molecule has 0 aromatic carbocycles. The number of aromatic nitrogens is 2. The zero-order chi connectivity index (χ0) is 22.0. The minimum Gasteiger partial charge on any atom is -0.380 e. The van der Waals surface area contributed by atoms with Gasteiger partial charge in [-0.3, -0.25) is 10.4 Å². The van der Waals surface area contributed by atoms with Gasteiger partial charge in [-0.2, -0.15) is 5.10 Å². The van der Waals surface area contributed by atoms with Gasteiger partial charge < -0.3 is 34.5 Å². The first-order chi connectivity index (χ1) is 15.6. The van der Waals surface area contributed by atoms with Crippen LogP contribution in [-0.4, -0.2) is 90.0 Å². The Balaban J connectivity index is 1.16. The first-order valence-corrected chi connectivity index (χ1v) is 11.5. The van der Waals surface area contributed by atoms with Crippen molar-refractivity contribution in [3.8, 4) is 0 Å². The van der Waals surface area contributed by atoms with Crippen LogP contribution < -0.4 is 16.1 Å². The highest BCUT2D eigenvalue weighted by atomic mass is 32.1. The van der Waals surface area contributed by atoms with E-state index in [0.29, 0.717) is 37.2 Å². The number of amidine groups is 1. The fraction of sp³-hybridized carbons (Fsp3) is 0.700. The average Bonchev–Trinajstić information content (AvgIpc) is 3.48. The van der Waals surface area contributed by atoms with Crippen LogP contribution in [-0.2, 0) is 18.9 Å². The van der Waals surface area contributed by atoms with Crippen LogP contribution in [0.15, 0.2) is 17.5 Å². The van der Waals surface area contributed by atoms with Gasteiger partial charge in [-0.1, -0.05) is 0 Å². The quantitative estimate of drug-likeness (QED) is 0.276. The molecule has 0 amide bonds. The van der Waals surface area contributed by atoms with Crippen molar-refractivity contribution < 1.29 is 18.9 Å². The van der Waals surface area contributed by atoms with E-state index in [4.69, 9.17) is 36.9 Å². The van der Waals surface area contributed by atoms with Gasteiger partial charge in [0.2, 0.25) is 0 Å². The normalized spacial score (nSPS) is 24.9. The smallest absolute Gasteiger partial charge is 0.189 e. The predicted octanol–water partition coefficient (Wildman–Crippen LogP) is 0.154. The maximum absolute atomic E-state index is 6.17. The van der Waals surface area contributed by atoms with Crippen LogP contribution >= 0.6 is 12.2 Å². The number of nitrogens with two attached hydrogens (primary N) is 1. The molecule has 2 spiro atoms. The van der Waals surface area contributed by atoms with Gasteiger partial charge in [-0.15, -0.1) is 0 Å². The predicted molar refractivity (Wildman–Crippen MR) is 120 cm³/mol. The molecule has 32 heavy (non-hydrogen) atoms. The van der Waals surface area contributed by atoms with Crippen molar-refractivity contribution in [2.75, 3.05) is 57.5 Å². The summed E-state index contributed by atoms with van der Waals surface area (Å²) < 4.78 is 23.1. The lowest BCUT2D eigenvalue weighted by atomic mass is 10.0. The van der Waals surface area contributed by atoms with E-state index in [2.05, 4.69) is 25.4 Å². The van der Waals surface area contributed by atoms with Crippen LogP contribution in [0.1, 0.15) is 31.4 Å². The molecule has 174 valence electrons. The van der Waals surface area contributed by atoms with Crippen molar-refractivity contribution >= 4 is 29.0 Å². The van der Waals surface area contributed by atoms with E-state index in [1.165, 1.54) is 0 Å². The highest BCUT2D eigenvalue weighted by Gasteiger charge is 2.41. The van der Waals surface area contributed by atoms with E-state index >= 15 is 0 Å². The number of thiocarbonyl (C=S) groups is 1. The summed E-state index contributed by atoms with van der Waals surface area (Å²) in [5, 5.41) is 4.76. The van der Waals surface area contributed by atoms with Crippen molar-refractivity contribution in [2.24, 2.45) is 10.8 Å². The van der Waals surface area contributed by atoms with Crippen molar-refractivity contribution in [2.45, 2.75) is 37.3 Å². The lowest BCUT2D eigenvalue weighted by Crippen LogP contribution is -2.49. The molecule has 12 heteroatoms. The van der Waals surface area contributed by atoms with E-state index in [1.807, 2.05) is 4.90 Å². The Morgan fingerprint density at radius 2 is 1.50 bits per heavy atom. The minimum atomic E-state index is -0.436. The van der Waals surface area contributed by atoms with Crippen molar-refractivity contribution in [1.29, 1.82) is 0 Å². The molecule has 5 rings (SSSR count). The topological polar surface area (TPSA) is 120 Å². The third kappa shape index (κ3) is 4.50. The largest absolute Gasteiger partial charge is 0.380 e. The maximum atomic E-state index is 6.17. The first kappa shape index (κ1) is 21.7. The fourth-order valence-electron chi connectivity index (χ4n) is 4.57. The molecule has 0 radical (unpaired) electrons. The minimum absolute atomic E-state index is 0.230. The number of likely N-dealkylation sites (tertiary alicyclic amines) is 1. The molecule has 4 fully saturated rings. The number of nitrogens with one attached hydrogen (secondary N) is 1. The third-order valence-electron chi connectivity index (χ3n) is 6.45. The van der Waals surface area contributed by atoms with Crippen molar-refractivity contribution in [3.63, 3.8) is 0 Å². The monoisotopic (exact) mass is 463 g/mol. The van der Waals surface area contributed by atoms with Gasteiger partial charge in [0.25, 0.3) is 0 Å². The van der Waals surface area contributed by atoms with Gasteiger partial charge in [-0.25, -0.2) is 4.98 Å². The molecular formula is C20H29N7O4S. The molecule has 1 aromatic rings. The molecule has 4 saturated heterocycles. The van der Waals surface area contributed by atoms with Gasteiger partial charge in [0.05, 0.1) is 38.8 Å². The molecule has 3 N–H and O–H groups in total. The highest BCUT2D eigenvalue weighted by Crippen LogP contribution is 2.33. The molecule has 1 aromatic heterocycles. The van der Waals surface area contributed by atoms with Crippen LogP contribution in [0.5, 0.6) is 0 Å². The van der Waals surface area contributed by atoms with E-state index < -0.39 is 11.6 Å². The highest BCUT2D eigenvalue weighted by molar-refractivity contribution is 7.80. The van der Waals surface area contributed by atoms with Crippen LogP contribution in [0.2, 0.25) is 0 Å². The molecule has 4 aliphatic rings. The summed E-state index contributed by atoms with van der Waals surface area (Å²) in [6.07, 6.45) is 6.47. The molecule has 5 heterocycles. The molecule has 0 saturated carbocycles. The Morgan fingerprint density at radius 1 is 0.938 bits per heavy atom. The Labute approximate surface area is 192 Å². The Kier molecular flexibility index (Phi) is 6.12. The number of rotatable bonds is 3. The summed E-state index contributed by atoms with van der Waals surface area (Å²) in [6.45, 7) is 5.67. The SMILES string of the molecule is N/C(=N\NC(=S)N1CCC2(CC1)OCCO2)c1cncc(N2CCC3(CC2)OCCO3)n1. The summed E-state index contributed by atoms with van der Waals surface area (Å²) in [5.74, 6) is 0.128. The second kappa shape index (κ2) is 9.02. The second-order valence-electron chi connectivity index (χ2n) is 8.37. The Hall–Kier alpha value is -2.12. The number of anilines is 1. The number of hydrogen-bond acceptors (Lipinski definition) is 9. The summed E-state index contributed by atoms with van der Waals surface area (Å²) in [7, 11) is 0. The number of piperidine rings is 2. The average molecular weight is 464 g/mol. The third-order valence-corrected chi connectivity index (χ3v) is 6.79. The van der Waals surface area contributed by atoms with Crippen molar-refractivity contribution in [1.82, 2.24) is 20.3 Å². The number of hydrazone groups is 1. The summed E-state index contributed by atoms with van der Waals surface area (Å²) in [6, 6.07) is 0. The first-order valence-electron chi connectivity index (χ1n) is 11.1. The van der Waals surface area contributed by atoms with E-state index in [0.717, 1.165) is 57.7 Å². The molecule has 4 aliphatic heterocycles. The molecule has 0 atom stereocenters. The zero-order valence-electron chi connectivity index (χ0n) is 18.0. The van der Waals surface area contributed by atoms with E-state index in [-0.39, 0.29) is 5.84 Å². The molecule has 0 aliphatic carbocycles. The van der Waals surface area contributed by atoms with Crippen LogP contribution in [0.3, 0.4) is 0 Å². The van der Waals surface area contributed by atoms with Gasteiger partial charge in [-0.05, 0) is 12.2 Å². The summed E-state index contributed by atoms with van der Waals surface area (Å²) in [5.41, 5.74) is 9.55. The number of ether oxygens (including phenoxy) is 4. The maximum Gasteiger partial charge on any atom is 0.189 e. The standard InChI is InChI=1S/C20H29N7O4S/c21-17(24-25-18(32)27-7-3-20(4-8-27)30-11-12-31-20)15-13-22-14-16(23-15)26-5-1-19(2-6-26)28-9-10-29-19/h13-14H,1-12H2,(H2,21,24)(H,25,32). The van der Waals surface area contributed by atoms with E-state index in [9.17, 15) is 0 Å². The number of nitrogens with zero attached hydrogens (tertiary/aromatic N) is 5. The summed E-state index contributed by atoms with van der Waals surface area (Å²) in [4.78, 5) is 13.2. The molecular weight excluding hydrogens is 434 g/mol. The molecule has 0 bridgehead atoms. The van der Waals surface area contributed by atoms with Crippen LogP contribution in [0.4, 0.5) is 5.82 Å². The van der Waals surface area contributed by atoms with Crippen LogP contribution in [0.25, 0.3) is 0 Å². The van der Waals surface area contributed by atoms with Gasteiger partial charge in [0, 0.05) is 51.9 Å². The van der Waals surface area contributed by atoms with Gasteiger partial charge in [0.15, 0.2) is 22.5 Å². The van der Waals surface area contributed by atoms with Crippen LogP contribution in [0, 0.1) is 0 Å². The van der Waals surface area contributed by atoms with Gasteiger partial charge >= 0.3 is 0 Å². The Morgan fingerprint density at radius 3 is 2.09 bits per heavy atom. The van der Waals surface area contributed by atoms with E-state index in [1.54, 1.807) is 12.4 Å².